The van der Waals surface area contributed by atoms with E-state index in [-0.39, 0.29) is 11.5 Å². The van der Waals surface area contributed by atoms with Crippen LogP contribution in [0.4, 0.5) is 5.69 Å². The van der Waals surface area contributed by atoms with Crippen LogP contribution in [0.25, 0.3) is 22.6 Å². The van der Waals surface area contributed by atoms with Crippen molar-refractivity contribution in [1.29, 1.82) is 0 Å². The van der Waals surface area contributed by atoms with Crippen molar-refractivity contribution in [3.63, 3.8) is 0 Å². The van der Waals surface area contributed by atoms with Crippen LogP contribution in [0.2, 0.25) is 0 Å². The summed E-state index contributed by atoms with van der Waals surface area (Å²) in [7, 11) is 0. The molecule has 0 saturated carbocycles. The van der Waals surface area contributed by atoms with Gasteiger partial charge >= 0.3 is 0 Å². The zero-order valence-electron chi connectivity index (χ0n) is 13.0. The molecule has 0 radical (unpaired) electrons. The van der Waals surface area contributed by atoms with Gasteiger partial charge in [0.25, 0.3) is 5.69 Å². The second kappa shape index (κ2) is 6.42. The number of hydrogen-bond donors (Lipinski definition) is 0. The SMILES string of the molecule is CC(=O)/C(=C/c1cccc([N+](=O)[O-])c1)c1ccc2ccccc2n1. The van der Waals surface area contributed by atoms with Gasteiger partial charge in [0.15, 0.2) is 5.78 Å². The minimum atomic E-state index is -0.459. The van der Waals surface area contributed by atoms with Crippen LogP contribution in [0.15, 0.2) is 60.7 Å². The minimum absolute atomic E-state index is 0.0156. The van der Waals surface area contributed by atoms with Crippen LogP contribution < -0.4 is 0 Å². The third-order valence-corrected chi connectivity index (χ3v) is 3.65. The molecule has 118 valence electrons. The van der Waals surface area contributed by atoms with Crippen LogP contribution in [-0.4, -0.2) is 15.7 Å². The fourth-order valence-corrected chi connectivity index (χ4v) is 2.47. The van der Waals surface area contributed by atoms with Gasteiger partial charge in [0.1, 0.15) is 0 Å². The topological polar surface area (TPSA) is 73.1 Å². The van der Waals surface area contributed by atoms with Crippen molar-refractivity contribution in [2.24, 2.45) is 0 Å². The van der Waals surface area contributed by atoms with Crippen molar-refractivity contribution in [2.75, 3.05) is 0 Å². The minimum Gasteiger partial charge on any atom is -0.294 e. The molecule has 2 aromatic carbocycles. The van der Waals surface area contributed by atoms with E-state index in [2.05, 4.69) is 4.98 Å². The Morgan fingerprint density at radius 2 is 1.88 bits per heavy atom. The van der Waals surface area contributed by atoms with Crippen LogP contribution in [0.5, 0.6) is 0 Å². The van der Waals surface area contributed by atoms with E-state index in [1.807, 2.05) is 30.3 Å². The molecule has 0 spiro atoms. The van der Waals surface area contributed by atoms with Crippen LogP contribution >= 0.6 is 0 Å². The summed E-state index contributed by atoms with van der Waals surface area (Å²) in [6, 6.07) is 17.5. The first kappa shape index (κ1) is 15.6. The molecule has 0 N–H and O–H groups in total. The fourth-order valence-electron chi connectivity index (χ4n) is 2.47. The van der Waals surface area contributed by atoms with E-state index in [1.54, 1.807) is 24.3 Å². The summed E-state index contributed by atoms with van der Waals surface area (Å²) in [5.74, 6) is -0.149. The molecule has 0 fully saturated rings. The largest absolute Gasteiger partial charge is 0.294 e. The predicted octanol–water partition coefficient (Wildman–Crippen LogP) is 4.27. The lowest BCUT2D eigenvalue weighted by molar-refractivity contribution is -0.384. The van der Waals surface area contributed by atoms with Crippen molar-refractivity contribution in [1.82, 2.24) is 4.98 Å². The van der Waals surface area contributed by atoms with Crippen molar-refractivity contribution in [3.8, 4) is 0 Å². The Bertz CT molecular complexity index is 977. The lowest BCUT2D eigenvalue weighted by Crippen LogP contribution is -1.99. The molecule has 0 saturated heterocycles. The van der Waals surface area contributed by atoms with Gasteiger partial charge in [0.2, 0.25) is 0 Å². The Morgan fingerprint density at radius 3 is 2.62 bits per heavy atom. The average molecular weight is 318 g/mol. The van der Waals surface area contributed by atoms with E-state index in [1.165, 1.54) is 19.1 Å². The number of nitro benzene ring substituents is 1. The number of fused-ring (bicyclic) bond motifs is 1. The first-order valence-electron chi connectivity index (χ1n) is 7.38. The van der Waals surface area contributed by atoms with E-state index in [0.29, 0.717) is 16.8 Å². The van der Waals surface area contributed by atoms with Crippen LogP contribution in [0.1, 0.15) is 18.2 Å². The number of nitro groups is 1. The number of non-ortho nitro benzene ring substituents is 1. The molecule has 5 heteroatoms. The number of nitrogens with zero attached hydrogens (tertiary/aromatic N) is 2. The van der Waals surface area contributed by atoms with Crippen LogP contribution in [0.3, 0.4) is 0 Å². The molecule has 1 heterocycles. The fraction of sp³-hybridized carbons (Fsp3) is 0.0526. The van der Waals surface area contributed by atoms with Gasteiger partial charge in [-0.2, -0.15) is 0 Å². The number of hydrogen-bond acceptors (Lipinski definition) is 4. The summed E-state index contributed by atoms with van der Waals surface area (Å²) in [5, 5.41) is 11.9. The molecule has 0 unspecified atom stereocenters. The van der Waals surface area contributed by atoms with Gasteiger partial charge in [0, 0.05) is 23.1 Å². The number of aromatic nitrogens is 1. The third kappa shape index (κ3) is 3.20. The normalized spacial score (nSPS) is 11.5. The molecule has 0 aliphatic heterocycles. The second-order valence-corrected chi connectivity index (χ2v) is 5.36. The molecular formula is C19H14N2O3. The number of carbonyl (C=O) groups excluding carboxylic acids is 1. The lowest BCUT2D eigenvalue weighted by Gasteiger charge is -2.06. The van der Waals surface area contributed by atoms with Crippen molar-refractivity contribution in [3.05, 3.63) is 82.0 Å². The molecule has 0 bridgehead atoms. The van der Waals surface area contributed by atoms with Crippen LogP contribution in [-0.2, 0) is 4.79 Å². The second-order valence-electron chi connectivity index (χ2n) is 5.36. The highest BCUT2D eigenvalue weighted by atomic mass is 16.6. The van der Waals surface area contributed by atoms with E-state index in [0.717, 1.165) is 10.9 Å². The Labute approximate surface area is 138 Å². The number of allylic oxidation sites excluding steroid dienone is 1. The maximum absolute atomic E-state index is 12.1. The summed E-state index contributed by atoms with van der Waals surface area (Å²) >= 11 is 0. The summed E-state index contributed by atoms with van der Waals surface area (Å²) in [6.45, 7) is 1.46. The first-order chi connectivity index (χ1) is 11.5. The number of carbonyl (C=O) groups is 1. The number of ketones is 1. The molecule has 0 aliphatic carbocycles. The van der Waals surface area contributed by atoms with E-state index >= 15 is 0 Å². The Kier molecular flexibility index (Phi) is 4.16. The predicted molar refractivity (Wildman–Crippen MR) is 93.4 cm³/mol. The number of rotatable bonds is 4. The Morgan fingerprint density at radius 1 is 1.08 bits per heavy atom. The summed E-state index contributed by atoms with van der Waals surface area (Å²) < 4.78 is 0. The quantitative estimate of drug-likeness (QED) is 0.409. The number of pyridine rings is 1. The van der Waals surface area contributed by atoms with Gasteiger partial charge in [-0.25, -0.2) is 4.98 Å². The zero-order chi connectivity index (χ0) is 17.1. The van der Waals surface area contributed by atoms with Crippen molar-refractivity contribution >= 4 is 34.0 Å². The average Bonchev–Trinajstić information content (AvgIpc) is 2.59. The molecular weight excluding hydrogens is 304 g/mol. The number of Topliss-reactive ketones (excluding diaryl/α,β-unsaturated/α-hetero) is 1. The highest BCUT2D eigenvalue weighted by Gasteiger charge is 2.11. The molecule has 3 rings (SSSR count). The van der Waals surface area contributed by atoms with Crippen molar-refractivity contribution in [2.45, 2.75) is 6.92 Å². The van der Waals surface area contributed by atoms with Crippen molar-refractivity contribution < 1.29 is 9.72 Å². The summed E-state index contributed by atoms with van der Waals surface area (Å²) in [4.78, 5) is 27.0. The zero-order valence-corrected chi connectivity index (χ0v) is 13.0. The first-order valence-corrected chi connectivity index (χ1v) is 7.38. The van der Waals surface area contributed by atoms with Gasteiger partial charge in [-0.05, 0) is 30.7 Å². The lowest BCUT2D eigenvalue weighted by atomic mass is 10.0. The molecule has 0 amide bonds. The molecule has 0 atom stereocenters. The highest BCUT2D eigenvalue weighted by molar-refractivity contribution is 6.23. The molecule has 24 heavy (non-hydrogen) atoms. The maximum Gasteiger partial charge on any atom is 0.270 e. The highest BCUT2D eigenvalue weighted by Crippen LogP contribution is 2.22. The van der Waals surface area contributed by atoms with Gasteiger partial charge in [-0.1, -0.05) is 36.4 Å². The monoisotopic (exact) mass is 318 g/mol. The van der Waals surface area contributed by atoms with Gasteiger partial charge < -0.3 is 0 Å². The summed E-state index contributed by atoms with van der Waals surface area (Å²) in [6.07, 6.45) is 1.63. The Hall–Kier alpha value is -3.34. The van der Waals surface area contributed by atoms with Gasteiger partial charge in [0.05, 0.1) is 16.1 Å². The molecule has 1 aromatic heterocycles. The summed E-state index contributed by atoms with van der Waals surface area (Å²) in [5.41, 5.74) is 2.33. The molecule has 3 aromatic rings. The Balaban J connectivity index is 2.10. The number of benzene rings is 2. The van der Waals surface area contributed by atoms with E-state index in [9.17, 15) is 14.9 Å². The van der Waals surface area contributed by atoms with E-state index < -0.39 is 4.92 Å². The smallest absolute Gasteiger partial charge is 0.270 e. The van der Waals surface area contributed by atoms with Crippen LogP contribution in [0, 0.1) is 10.1 Å². The standard InChI is InChI=1S/C19H14N2O3/c1-13(22)17(12-14-5-4-7-16(11-14)21(23)24)19-10-9-15-6-2-3-8-18(15)20-19/h2-12H,1H3/b17-12-. The van der Waals surface area contributed by atoms with E-state index in [4.69, 9.17) is 0 Å². The molecule has 0 aliphatic rings. The van der Waals surface area contributed by atoms with Gasteiger partial charge in [-0.15, -0.1) is 0 Å². The maximum atomic E-state index is 12.1. The van der Waals surface area contributed by atoms with Gasteiger partial charge in [-0.3, -0.25) is 14.9 Å². The third-order valence-electron chi connectivity index (χ3n) is 3.65. The molecule has 5 nitrogen and oxygen atoms in total. The number of para-hydroxylation sites is 1.